The van der Waals surface area contributed by atoms with Crippen LogP contribution in [0.1, 0.15) is 6.92 Å². The first-order valence-electron chi connectivity index (χ1n) is 3.95. The predicted molar refractivity (Wildman–Crippen MR) is 49.8 cm³/mol. The number of alkyl halides is 3. The number of nitrogens with zero attached hydrogens (tertiary/aromatic N) is 1. The largest absolute Gasteiger partial charge is 0.464 e. The molecule has 3 nitrogen and oxygen atoms in total. The maximum atomic E-state index is 12.1. The van der Waals surface area contributed by atoms with Gasteiger partial charge in [-0.2, -0.15) is 13.2 Å². The molecule has 15 heavy (non-hydrogen) atoms. The van der Waals surface area contributed by atoms with Crippen molar-refractivity contribution in [2.45, 2.75) is 19.2 Å². The summed E-state index contributed by atoms with van der Waals surface area (Å²) in [6.07, 6.45) is -5.25. The first-order valence-corrected chi connectivity index (χ1v) is 4.33. The summed E-state index contributed by atoms with van der Waals surface area (Å²) in [6, 6.07) is 1.27. The molecule has 1 heterocycles. The smallest absolute Gasteiger partial charge is 0.425 e. The Morgan fingerprint density at radius 2 is 2.13 bits per heavy atom. The minimum absolute atomic E-state index is 0.0499. The molecule has 0 bridgehead atoms. The SMILES string of the molecule is CC(Oc1ncc(N)cc1Cl)C(F)(F)F. The fourth-order valence-corrected chi connectivity index (χ4v) is 0.980. The number of hydrogen-bond acceptors (Lipinski definition) is 3. The normalized spacial score (nSPS) is 13.7. The number of aromatic nitrogens is 1. The van der Waals surface area contributed by atoms with Gasteiger partial charge in [0.25, 0.3) is 0 Å². The molecule has 1 aromatic rings. The summed E-state index contributed by atoms with van der Waals surface area (Å²) in [5.74, 6) is -0.282. The Balaban J connectivity index is 2.82. The molecular weight excluding hydrogens is 233 g/mol. The average Bonchev–Trinajstić information content (AvgIpc) is 2.08. The summed E-state index contributed by atoms with van der Waals surface area (Å²) in [6.45, 7) is 0.869. The summed E-state index contributed by atoms with van der Waals surface area (Å²) < 4.78 is 40.9. The van der Waals surface area contributed by atoms with E-state index in [9.17, 15) is 13.2 Å². The van der Waals surface area contributed by atoms with Gasteiger partial charge in [-0.3, -0.25) is 0 Å². The monoisotopic (exact) mass is 240 g/mol. The van der Waals surface area contributed by atoms with E-state index in [2.05, 4.69) is 9.72 Å². The molecule has 0 aliphatic carbocycles. The number of halogens is 4. The highest BCUT2D eigenvalue weighted by Gasteiger charge is 2.38. The van der Waals surface area contributed by atoms with E-state index in [4.69, 9.17) is 17.3 Å². The van der Waals surface area contributed by atoms with Crippen molar-refractivity contribution in [3.05, 3.63) is 17.3 Å². The third kappa shape index (κ3) is 3.16. The van der Waals surface area contributed by atoms with Crippen LogP contribution in [-0.4, -0.2) is 17.3 Å². The minimum atomic E-state index is -4.45. The van der Waals surface area contributed by atoms with E-state index in [0.717, 1.165) is 6.92 Å². The van der Waals surface area contributed by atoms with E-state index in [0.29, 0.717) is 0 Å². The molecule has 0 spiro atoms. The number of nitrogens with two attached hydrogens (primary N) is 1. The Hall–Kier alpha value is -1.17. The van der Waals surface area contributed by atoms with Crippen molar-refractivity contribution >= 4 is 17.3 Å². The number of pyridine rings is 1. The van der Waals surface area contributed by atoms with Crippen LogP contribution in [-0.2, 0) is 0 Å². The van der Waals surface area contributed by atoms with E-state index in [1.165, 1.54) is 12.3 Å². The number of nitrogen functional groups attached to an aromatic ring is 1. The standard InChI is InChI=1S/C8H8ClF3N2O/c1-4(8(10,11)12)15-7-6(9)2-5(13)3-14-7/h2-4H,13H2,1H3. The fourth-order valence-electron chi connectivity index (χ4n) is 0.761. The predicted octanol–water partition coefficient (Wildman–Crippen LogP) is 2.65. The Bertz CT molecular complexity index is 356. The highest BCUT2D eigenvalue weighted by atomic mass is 35.5. The number of anilines is 1. The van der Waals surface area contributed by atoms with Gasteiger partial charge in [0.2, 0.25) is 5.88 Å². The van der Waals surface area contributed by atoms with Gasteiger partial charge in [0.05, 0.1) is 11.9 Å². The lowest BCUT2D eigenvalue weighted by atomic mass is 10.4. The summed E-state index contributed by atoms with van der Waals surface area (Å²) in [7, 11) is 0. The van der Waals surface area contributed by atoms with Gasteiger partial charge in [0.15, 0.2) is 6.10 Å². The van der Waals surface area contributed by atoms with Crippen LogP contribution in [0.5, 0.6) is 5.88 Å². The Morgan fingerprint density at radius 3 is 2.60 bits per heavy atom. The Labute approximate surface area is 89.0 Å². The van der Waals surface area contributed by atoms with Crippen LogP contribution >= 0.6 is 11.6 Å². The van der Waals surface area contributed by atoms with Crippen LogP contribution in [0.15, 0.2) is 12.3 Å². The van der Waals surface area contributed by atoms with Gasteiger partial charge < -0.3 is 10.5 Å². The molecule has 1 unspecified atom stereocenters. The van der Waals surface area contributed by atoms with Gasteiger partial charge in [0, 0.05) is 0 Å². The molecular formula is C8H8ClF3N2O. The van der Waals surface area contributed by atoms with Crippen molar-refractivity contribution < 1.29 is 17.9 Å². The lowest BCUT2D eigenvalue weighted by Gasteiger charge is -2.17. The zero-order chi connectivity index (χ0) is 11.6. The van der Waals surface area contributed by atoms with Gasteiger partial charge >= 0.3 is 6.18 Å². The van der Waals surface area contributed by atoms with Crippen LogP contribution in [0.3, 0.4) is 0 Å². The molecule has 1 rings (SSSR count). The van der Waals surface area contributed by atoms with Crippen LogP contribution in [0.2, 0.25) is 5.02 Å². The van der Waals surface area contributed by atoms with E-state index < -0.39 is 12.3 Å². The van der Waals surface area contributed by atoms with Gasteiger partial charge in [-0.15, -0.1) is 0 Å². The van der Waals surface area contributed by atoms with Crippen molar-refractivity contribution in [2.24, 2.45) is 0 Å². The molecule has 7 heteroatoms. The molecule has 84 valence electrons. The second-order valence-electron chi connectivity index (χ2n) is 2.86. The van der Waals surface area contributed by atoms with E-state index in [1.54, 1.807) is 0 Å². The lowest BCUT2D eigenvalue weighted by molar-refractivity contribution is -0.189. The third-order valence-electron chi connectivity index (χ3n) is 1.58. The maximum absolute atomic E-state index is 12.1. The highest BCUT2D eigenvalue weighted by molar-refractivity contribution is 6.32. The summed E-state index contributed by atoms with van der Waals surface area (Å²) >= 11 is 5.59. The van der Waals surface area contributed by atoms with Crippen LogP contribution in [0, 0.1) is 0 Å². The number of ether oxygens (including phenoxy) is 1. The summed E-state index contributed by atoms with van der Waals surface area (Å²) in [5.41, 5.74) is 5.58. The maximum Gasteiger partial charge on any atom is 0.425 e. The lowest BCUT2D eigenvalue weighted by Crippen LogP contribution is -2.31. The van der Waals surface area contributed by atoms with Crippen LogP contribution in [0.4, 0.5) is 18.9 Å². The molecule has 0 aliphatic rings. The summed E-state index contributed by atoms with van der Waals surface area (Å²) in [5, 5.41) is -0.0499. The quantitative estimate of drug-likeness (QED) is 0.865. The molecule has 0 amide bonds. The van der Waals surface area contributed by atoms with E-state index in [-0.39, 0.29) is 16.6 Å². The van der Waals surface area contributed by atoms with Crippen molar-refractivity contribution in [3.63, 3.8) is 0 Å². The first-order chi connectivity index (χ1) is 6.80. The first kappa shape index (κ1) is 11.9. The Kier molecular flexibility index (Phi) is 3.28. The highest BCUT2D eigenvalue weighted by Crippen LogP contribution is 2.28. The van der Waals surface area contributed by atoms with Crippen molar-refractivity contribution in [1.82, 2.24) is 4.98 Å². The zero-order valence-corrected chi connectivity index (χ0v) is 8.43. The molecule has 2 N–H and O–H groups in total. The third-order valence-corrected chi connectivity index (χ3v) is 1.85. The molecule has 0 saturated carbocycles. The van der Waals surface area contributed by atoms with Crippen molar-refractivity contribution in [2.75, 3.05) is 5.73 Å². The topological polar surface area (TPSA) is 48.1 Å². The molecule has 0 radical (unpaired) electrons. The van der Waals surface area contributed by atoms with E-state index >= 15 is 0 Å². The minimum Gasteiger partial charge on any atom is -0.464 e. The average molecular weight is 241 g/mol. The van der Waals surface area contributed by atoms with Gasteiger partial charge in [0.1, 0.15) is 5.02 Å². The molecule has 0 saturated heterocycles. The molecule has 0 aromatic carbocycles. The molecule has 1 aromatic heterocycles. The second kappa shape index (κ2) is 4.14. The fraction of sp³-hybridized carbons (Fsp3) is 0.375. The number of hydrogen-bond donors (Lipinski definition) is 1. The zero-order valence-electron chi connectivity index (χ0n) is 7.68. The second-order valence-corrected chi connectivity index (χ2v) is 3.26. The molecule has 0 fully saturated rings. The van der Waals surface area contributed by atoms with Crippen molar-refractivity contribution in [3.8, 4) is 5.88 Å². The van der Waals surface area contributed by atoms with Crippen molar-refractivity contribution in [1.29, 1.82) is 0 Å². The Morgan fingerprint density at radius 1 is 1.53 bits per heavy atom. The van der Waals surface area contributed by atoms with Gasteiger partial charge in [-0.25, -0.2) is 4.98 Å². The van der Waals surface area contributed by atoms with Crippen LogP contribution in [0.25, 0.3) is 0 Å². The van der Waals surface area contributed by atoms with Gasteiger partial charge in [-0.1, -0.05) is 11.6 Å². The molecule has 0 aliphatic heterocycles. The van der Waals surface area contributed by atoms with Gasteiger partial charge in [-0.05, 0) is 13.0 Å². The summed E-state index contributed by atoms with van der Waals surface area (Å²) in [4.78, 5) is 3.55. The number of rotatable bonds is 2. The molecule has 1 atom stereocenters. The van der Waals surface area contributed by atoms with Crippen LogP contribution < -0.4 is 10.5 Å². The van der Waals surface area contributed by atoms with E-state index in [1.807, 2.05) is 0 Å².